The van der Waals surface area contributed by atoms with Crippen molar-refractivity contribution >= 4 is 16.0 Å². The second-order valence-corrected chi connectivity index (χ2v) is 11.2. The lowest BCUT2D eigenvalue weighted by Crippen LogP contribution is -2.79. The van der Waals surface area contributed by atoms with Gasteiger partial charge in [-0.2, -0.15) is 4.31 Å². The third-order valence-corrected chi connectivity index (χ3v) is 9.30. The maximum Gasteiger partial charge on any atom is 0.338 e. The number of cyclic esters (lactones) is 1. The van der Waals surface area contributed by atoms with E-state index in [-0.39, 0.29) is 29.6 Å². The Bertz CT molecular complexity index is 1440. The third kappa shape index (κ3) is 3.39. The van der Waals surface area contributed by atoms with E-state index in [0.29, 0.717) is 25.2 Å². The van der Waals surface area contributed by atoms with Crippen molar-refractivity contribution < 1.29 is 23.1 Å². The first kappa shape index (κ1) is 22.3. The molecule has 12 heteroatoms. The predicted octanol–water partition coefficient (Wildman–Crippen LogP) is 0.740. The summed E-state index contributed by atoms with van der Waals surface area (Å²) in [7, 11) is -3.63. The Kier molecular flexibility index (Phi) is 5.04. The average molecular weight is 497 g/mol. The number of sulfonamides is 1. The summed E-state index contributed by atoms with van der Waals surface area (Å²) in [5.74, 6) is -0.328. The summed E-state index contributed by atoms with van der Waals surface area (Å²) < 4.78 is 34.6. The molecule has 0 spiro atoms. The molecule has 0 aliphatic carbocycles. The Morgan fingerprint density at radius 3 is 2.69 bits per heavy atom. The summed E-state index contributed by atoms with van der Waals surface area (Å²) in [5.41, 5.74) is 4.50. The topological polar surface area (TPSA) is 131 Å². The first-order valence-electron chi connectivity index (χ1n) is 11.3. The van der Waals surface area contributed by atoms with Gasteiger partial charge >= 0.3 is 5.97 Å². The van der Waals surface area contributed by atoms with Crippen LogP contribution in [0.15, 0.2) is 41.6 Å². The largest absolute Gasteiger partial charge is 0.457 e. The van der Waals surface area contributed by atoms with Crippen molar-refractivity contribution in [3.63, 3.8) is 0 Å². The normalized spacial score (nSPS) is 22.7. The van der Waals surface area contributed by atoms with Crippen molar-refractivity contribution in [3.05, 3.63) is 64.5 Å². The van der Waals surface area contributed by atoms with Crippen LogP contribution in [-0.4, -0.2) is 80.6 Å². The molecule has 35 heavy (non-hydrogen) atoms. The second-order valence-electron chi connectivity index (χ2n) is 9.26. The average Bonchev–Trinajstić information content (AvgIpc) is 3.47. The molecule has 0 amide bonds. The maximum absolute atomic E-state index is 13.3. The van der Waals surface area contributed by atoms with E-state index in [1.54, 1.807) is 30.3 Å². The van der Waals surface area contributed by atoms with Gasteiger partial charge in [0, 0.05) is 31.2 Å². The van der Waals surface area contributed by atoms with Crippen LogP contribution < -0.4 is 0 Å². The van der Waals surface area contributed by atoms with Gasteiger partial charge in [0.25, 0.3) is 0 Å². The van der Waals surface area contributed by atoms with E-state index in [4.69, 9.17) is 4.74 Å². The van der Waals surface area contributed by atoms with Crippen LogP contribution in [0.25, 0.3) is 5.69 Å². The minimum Gasteiger partial charge on any atom is -0.457 e. The Hall–Kier alpha value is -3.19. The molecule has 0 radical (unpaired) electrons. The van der Waals surface area contributed by atoms with Gasteiger partial charge in [0.05, 0.1) is 28.3 Å². The predicted molar refractivity (Wildman–Crippen MR) is 122 cm³/mol. The molecule has 0 bridgehead atoms. The number of piperazine rings is 1. The molecule has 3 aliphatic heterocycles. The molecule has 3 unspecified atom stereocenters. The monoisotopic (exact) mass is 496 g/mol. The lowest BCUT2D eigenvalue weighted by Gasteiger charge is -2.61. The number of aryl methyl sites for hydroxylation is 1. The summed E-state index contributed by atoms with van der Waals surface area (Å²) >= 11 is 0. The second kappa shape index (κ2) is 7.92. The molecule has 2 fully saturated rings. The van der Waals surface area contributed by atoms with Crippen LogP contribution >= 0.6 is 0 Å². The summed E-state index contributed by atoms with van der Waals surface area (Å²) in [5, 5.41) is 22.0. The number of benzene rings is 2. The number of hydrogen-bond acceptors (Lipinski definition) is 9. The molecule has 6 rings (SSSR count). The third-order valence-electron chi connectivity index (χ3n) is 7.42. The smallest absolute Gasteiger partial charge is 0.338 e. The van der Waals surface area contributed by atoms with Gasteiger partial charge in [-0.25, -0.2) is 17.9 Å². The molecule has 2 saturated heterocycles. The van der Waals surface area contributed by atoms with Crippen molar-refractivity contribution in [1.29, 1.82) is 0 Å². The van der Waals surface area contributed by atoms with Crippen LogP contribution in [0.1, 0.15) is 38.7 Å². The van der Waals surface area contributed by atoms with Crippen molar-refractivity contribution in [3.8, 4) is 5.69 Å². The van der Waals surface area contributed by atoms with Crippen molar-refractivity contribution in [2.45, 2.75) is 43.5 Å². The van der Waals surface area contributed by atoms with Crippen molar-refractivity contribution in [2.24, 2.45) is 0 Å². The molecular formula is C23H24N6O5S. The van der Waals surface area contributed by atoms with Crippen molar-refractivity contribution in [1.82, 2.24) is 29.4 Å². The van der Waals surface area contributed by atoms with Crippen molar-refractivity contribution in [2.75, 3.05) is 19.6 Å². The minimum absolute atomic E-state index is 0.0839. The number of aliphatic hydroxyl groups is 1. The van der Waals surface area contributed by atoms with E-state index in [1.807, 2.05) is 13.8 Å². The van der Waals surface area contributed by atoms with E-state index in [1.165, 1.54) is 15.3 Å². The number of β-amino-alcohol motifs (C(OH)–C–C–N with tert-alkyl or cyclic N) is 1. The number of hydrogen-bond donors (Lipinski definition) is 1. The van der Waals surface area contributed by atoms with E-state index in [2.05, 4.69) is 20.4 Å². The lowest BCUT2D eigenvalue weighted by molar-refractivity contribution is -0.0950. The Morgan fingerprint density at radius 1 is 1.17 bits per heavy atom. The minimum atomic E-state index is -3.63. The number of carbonyl (C=O) groups excluding carboxylic acids is 1. The quantitative estimate of drug-likeness (QED) is 0.491. The number of aromatic nitrogens is 4. The summed E-state index contributed by atoms with van der Waals surface area (Å²) in [6.07, 6.45) is 0.731. The van der Waals surface area contributed by atoms with Gasteiger partial charge in [0.15, 0.2) is 0 Å². The van der Waals surface area contributed by atoms with Crippen LogP contribution in [0.3, 0.4) is 0 Å². The molecular weight excluding hydrogens is 472 g/mol. The molecule has 182 valence electrons. The van der Waals surface area contributed by atoms with Gasteiger partial charge < -0.3 is 9.84 Å². The molecule has 4 heterocycles. The summed E-state index contributed by atoms with van der Waals surface area (Å²) in [4.78, 5) is 14.1. The molecule has 3 aromatic rings. The number of fused-ring (bicyclic) bond motifs is 2. The zero-order chi connectivity index (χ0) is 24.5. The zero-order valence-electron chi connectivity index (χ0n) is 19.2. The number of aliphatic hydroxyl groups excluding tert-OH is 1. The highest BCUT2D eigenvalue weighted by Crippen LogP contribution is 2.39. The van der Waals surface area contributed by atoms with E-state index >= 15 is 0 Å². The van der Waals surface area contributed by atoms with Crippen LogP contribution in [0, 0.1) is 13.8 Å². The number of tetrazole rings is 1. The number of ether oxygens (including phenoxy) is 1. The fraction of sp³-hybridized carbons (Fsp3) is 0.391. The molecule has 11 nitrogen and oxygen atoms in total. The van der Waals surface area contributed by atoms with Gasteiger partial charge in [-0.05, 0) is 65.2 Å². The fourth-order valence-electron chi connectivity index (χ4n) is 5.29. The fourth-order valence-corrected chi connectivity index (χ4v) is 7.04. The SMILES string of the molecule is Cc1cc(S(=O)(=O)N2CC3C2CN3CC(O)c2ccc3c(c2C)COC3=O)ccc1-n1cnnn1. The van der Waals surface area contributed by atoms with E-state index < -0.39 is 16.1 Å². The molecule has 2 aromatic carbocycles. The molecule has 1 N–H and O–H groups in total. The van der Waals surface area contributed by atoms with Gasteiger partial charge in [-0.3, -0.25) is 4.90 Å². The highest BCUT2D eigenvalue weighted by Gasteiger charge is 2.56. The Balaban J connectivity index is 1.12. The molecule has 0 saturated carbocycles. The number of esters is 1. The highest BCUT2D eigenvalue weighted by atomic mass is 32.2. The first-order chi connectivity index (χ1) is 16.8. The number of likely N-dealkylation sites (tertiary alicyclic amines) is 1. The van der Waals surface area contributed by atoms with Crippen LogP contribution in [-0.2, 0) is 21.4 Å². The highest BCUT2D eigenvalue weighted by molar-refractivity contribution is 7.89. The molecule has 3 aliphatic rings. The van der Waals surface area contributed by atoms with Crippen LogP contribution in [0.2, 0.25) is 0 Å². The van der Waals surface area contributed by atoms with E-state index in [9.17, 15) is 18.3 Å². The van der Waals surface area contributed by atoms with Crippen LogP contribution in [0.4, 0.5) is 0 Å². The standard InChI is InChI=1S/C23H24N6O5S/c1-13-7-15(3-6-19(13)28-12-24-25-26-28)35(32,33)29-9-20-21(29)8-27(20)10-22(30)16-4-5-17-18(14(16)2)11-34-23(17)31/h3-7,12,20-22,30H,8-11H2,1-2H3. The van der Waals surface area contributed by atoms with E-state index in [0.717, 1.165) is 27.9 Å². The Morgan fingerprint density at radius 2 is 2.00 bits per heavy atom. The van der Waals surface area contributed by atoms with Gasteiger partial charge in [0.1, 0.15) is 12.9 Å². The maximum atomic E-state index is 13.3. The van der Waals surface area contributed by atoms with Gasteiger partial charge in [0.2, 0.25) is 10.0 Å². The van der Waals surface area contributed by atoms with Gasteiger partial charge in [-0.1, -0.05) is 6.07 Å². The zero-order valence-corrected chi connectivity index (χ0v) is 20.0. The van der Waals surface area contributed by atoms with Gasteiger partial charge in [-0.15, -0.1) is 5.10 Å². The Labute approximate surface area is 202 Å². The number of nitrogens with zero attached hydrogens (tertiary/aromatic N) is 6. The summed E-state index contributed by atoms with van der Waals surface area (Å²) in [6, 6.07) is 8.40. The number of rotatable bonds is 6. The lowest BCUT2D eigenvalue weighted by atomic mass is 9.87. The molecule has 1 aromatic heterocycles. The first-order valence-corrected chi connectivity index (χ1v) is 12.8. The number of carbonyl (C=O) groups is 1. The molecule has 3 atom stereocenters. The van der Waals surface area contributed by atoms with Crippen LogP contribution in [0.5, 0.6) is 0 Å². The summed E-state index contributed by atoms with van der Waals surface area (Å²) in [6.45, 7) is 5.31.